The summed E-state index contributed by atoms with van der Waals surface area (Å²) < 4.78 is 33.9. The van der Waals surface area contributed by atoms with Crippen LogP contribution >= 0.6 is 11.3 Å². The fourth-order valence-corrected chi connectivity index (χ4v) is 6.53. The number of rotatable bonds is 5. The van der Waals surface area contributed by atoms with E-state index in [4.69, 9.17) is 4.74 Å². The van der Waals surface area contributed by atoms with Gasteiger partial charge in [0.2, 0.25) is 10.0 Å². The van der Waals surface area contributed by atoms with Crippen LogP contribution in [0.3, 0.4) is 0 Å². The van der Waals surface area contributed by atoms with Crippen molar-refractivity contribution in [3.05, 3.63) is 58.3 Å². The third-order valence-corrected chi connectivity index (χ3v) is 8.40. The highest BCUT2D eigenvalue weighted by atomic mass is 32.2. The number of allylic oxidation sites excluding steroid dienone is 2. The van der Waals surface area contributed by atoms with Crippen LogP contribution in [-0.2, 0) is 14.8 Å². The van der Waals surface area contributed by atoms with Gasteiger partial charge in [0.1, 0.15) is 0 Å². The maximum Gasteiger partial charge on any atom is 0.240 e. The molecule has 2 N–H and O–H groups in total. The van der Waals surface area contributed by atoms with Gasteiger partial charge in [0.25, 0.3) is 0 Å². The molecular formula is C21H24N2O3S2. The van der Waals surface area contributed by atoms with E-state index in [1.54, 1.807) is 17.4 Å². The van der Waals surface area contributed by atoms with E-state index in [1.807, 2.05) is 12.1 Å². The molecule has 7 heteroatoms. The zero-order valence-corrected chi connectivity index (χ0v) is 17.1. The molecule has 0 saturated carbocycles. The number of thiophene rings is 1. The Labute approximate surface area is 169 Å². The van der Waals surface area contributed by atoms with Gasteiger partial charge in [0, 0.05) is 29.6 Å². The van der Waals surface area contributed by atoms with Crippen molar-refractivity contribution in [2.45, 2.75) is 42.2 Å². The summed E-state index contributed by atoms with van der Waals surface area (Å²) in [7, 11) is -3.55. The molecule has 5 nitrogen and oxygen atoms in total. The first kappa shape index (κ1) is 18.4. The molecule has 1 fully saturated rings. The first-order valence-electron chi connectivity index (χ1n) is 9.84. The van der Waals surface area contributed by atoms with E-state index >= 15 is 0 Å². The van der Waals surface area contributed by atoms with Crippen LogP contribution in [0.25, 0.3) is 0 Å². The molecular weight excluding hydrogens is 392 g/mol. The Balaban J connectivity index is 1.42. The van der Waals surface area contributed by atoms with Crippen molar-refractivity contribution >= 4 is 27.0 Å². The molecule has 0 bridgehead atoms. The minimum atomic E-state index is -3.55. The molecule has 0 radical (unpaired) electrons. The maximum absolute atomic E-state index is 12.8. The smallest absolute Gasteiger partial charge is 0.240 e. The third-order valence-electron chi connectivity index (χ3n) is 6.02. The highest BCUT2D eigenvalue weighted by Crippen LogP contribution is 2.50. The van der Waals surface area contributed by atoms with E-state index in [0.29, 0.717) is 17.4 Å². The second-order valence-corrected chi connectivity index (χ2v) is 10.5. The largest absolute Gasteiger partial charge is 0.377 e. The van der Waals surface area contributed by atoms with Crippen molar-refractivity contribution in [2.75, 3.05) is 18.5 Å². The molecule has 1 aromatic heterocycles. The van der Waals surface area contributed by atoms with E-state index in [1.165, 1.54) is 4.88 Å². The van der Waals surface area contributed by atoms with Crippen LogP contribution in [0.15, 0.2) is 52.8 Å². The Bertz CT molecular complexity index is 979. The summed E-state index contributed by atoms with van der Waals surface area (Å²) in [6, 6.07) is 10.00. The topological polar surface area (TPSA) is 67.4 Å². The summed E-state index contributed by atoms with van der Waals surface area (Å²) in [5.41, 5.74) is 2.11. The van der Waals surface area contributed by atoms with Crippen molar-refractivity contribution < 1.29 is 13.2 Å². The van der Waals surface area contributed by atoms with Gasteiger partial charge in [-0.15, -0.1) is 11.3 Å². The number of nitrogens with one attached hydrogen (secondary N) is 2. The Morgan fingerprint density at radius 1 is 1.29 bits per heavy atom. The normalized spacial score (nSPS) is 28.7. The highest BCUT2D eigenvalue weighted by molar-refractivity contribution is 7.89. The fourth-order valence-electron chi connectivity index (χ4n) is 4.58. The average Bonchev–Trinajstić information content (AvgIpc) is 3.48. The first-order chi connectivity index (χ1) is 13.6. The van der Waals surface area contributed by atoms with Gasteiger partial charge in [0.05, 0.1) is 17.0 Å². The molecule has 2 aliphatic heterocycles. The standard InChI is InChI=1S/C21H24N2O3S2/c24-28(25,22-13-14-4-2-10-26-14)15-8-9-19-18(12-15)16-5-1-6-17(16)21(23-19)20-7-3-11-27-20/h1,3,5,7-9,11-12,14,16-17,21-23H,2,4,6,10,13H2. The summed E-state index contributed by atoms with van der Waals surface area (Å²) in [5, 5.41) is 5.77. The first-order valence-corrected chi connectivity index (χ1v) is 12.2. The van der Waals surface area contributed by atoms with Gasteiger partial charge in [-0.25, -0.2) is 13.1 Å². The Hall–Kier alpha value is -1.67. The minimum absolute atomic E-state index is 0.0113. The molecule has 148 valence electrons. The van der Waals surface area contributed by atoms with E-state index in [-0.39, 0.29) is 18.1 Å². The Kier molecular flexibility index (Phi) is 4.79. The lowest BCUT2D eigenvalue weighted by Crippen LogP contribution is -2.32. The highest BCUT2D eigenvalue weighted by Gasteiger charge is 2.38. The Morgan fingerprint density at radius 3 is 3.00 bits per heavy atom. The zero-order chi connectivity index (χ0) is 19.1. The maximum atomic E-state index is 12.8. The lowest BCUT2D eigenvalue weighted by atomic mass is 9.79. The van der Waals surface area contributed by atoms with E-state index in [0.717, 1.165) is 37.1 Å². The molecule has 0 amide bonds. The number of fused-ring (bicyclic) bond motifs is 3. The van der Waals surface area contributed by atoms with Crippen LogP contribution in [0.5, 0.6) is 0 Å². The van der Waals surface area contributed by atoms with E-state index in [9.17, 15) is 8.42 Å². The van der Waals surface area contributed by atoms with Crippen molar-refractivity contribution in [3.8, 4) is 0 Å². The van der Waals surface area contributed by atoms with Crippen LogP contribution in [0.4, 0.5) is 5.69 Å². The fraction of sp³-hybridized carbons (Fsp3) is 0.429. The predicted octanol–water partition coefficient (Wildman–Crippen LogP) is 4.03. The van der Waals surface area contributed by atoms with Gasteiger partial charge in [-0.3, -0.25) is 0 Å². The number of ether oxygens (including phenoxy) is 1. The molecule has 28 heavy (non-hydrogen) atoms. The van der Waals surface area contributed by atoms with Gasteiger partial charge < -0.3 is 10.1 Å². The second-order valence-electron chi connectivity index (χ2n) is 7.73. The van der Waals surface area contributed by atoms with Crippen LogP contribution in [0.2, 0.25) is 0 Å². The molecule has 1 aromatic carbocycles. The van der Waals surface area contributed by atoms with Gasteiger partial charge in [-0.2, -0.15) is 0 Å². The zero-order valence-electron chi connectivity index (χ0n) is 15.5. The number of hydrogen-bond acceptors (Lipinski definition) is 5. The van der Waals surface area contributed by atoms with Crippen LogP contribution in [-0.4, -0.2) is 27.7 Å². The summed E-state index contributed by atoms with van der Waals surface area (Å²) in [5.74, 6) is 0.667. The average molecular weight is 417 g/mol. The van der Waals surface area contributed by atoms with Crippen LogP contribution in [0.1, 0.15) is 41.7 Å². The predicted molar refractivity (Wildman–Crippen MR) is 111 cm³/mol. The monoisotopic (exact) mass is 416 g/mol. The molecule has 1 aliphatic carbocycles. The third kappa shape index (κ3) is 3.30. The van der Waals surface area contributed by atoms with Crippen molar-refractivity contribution in [1.82, 2.24) is 4.72 Å². The molecule has 3 aliphatic rings. The van der Waals surface area contributed by atoms with Crippen LogP contribution in [0, 0.1) is 5.92 Å². The second kappa shape index (κ2) is 7.30. The molecule has 3 heterocycles. The molecule has 5 rings (SSSR count). The summed E-state index contributed by atoms with van der Waals surface area (Å²) in [6.07, 6.45) is 7.37. The lowest BCUT2D eigenvalue weighted by molar-refractivity contribution is 0.114. The molecule has 2 aromatic rings. The summed E-state index contributed by atoms with van der Waals surface area (Å²) >= 11 is 1.77. The number of anilines is 1. The van der Waals surface area contributed by atoms with Gasteiger partial charge in [-0.05, 0) is 60.4 Å². The molecule has 0 spiro atoms. The SMILES string of the molecule is O=S(=O)(NCC1CCCO1)c1ccc2c(c1)C1C=CCC1C(c1cccs1)N2. The lowest BCUT2D eigenvalue weighted by Gasteiger charge is -2.37. The Morgan fingerprint density at radius 2 is 2.21 bits per heavy atom. The van der Waals surface area contributed by atoms with E-state index in [2.05, 4.69) is 39.7 Å². The summed E-state index contributed by atoms with van der Waals surface area (Å²) in [4.78, 5) is 1.67. The molecule has 4 unspecified atom stereocenters. The van der Waals surface area contributed by atoms with Crippen molar-refractivity contribution in [2.24, 2.45) is 5.92 Å². The number of sulfonamides is 1. The van der Waals surface area contributed by atoms with Gasteiger partial charge >= 0.3 is 0 Å². The van der Waals surface area contributed by atoms with Gasteiger partial charge in [-0.1, -0.05) is 18.2 Å². The van der Waals surface area contributed by atoms with E-state index < -0.39 is 10.0 Å². The minimum Gasteiger partial charge on any atom is -0.377 e. The van der Waals surface area contributed by atoms with Crippen LogP contribution < -0.4 is 10.0 Å². The molecule has 4 atom stereocenters. The number of hydrogen-bond donors (Lipinski definition) is 2. The van der Waals surface area contributed by atoms with Crippen molar-refractivity contribution in [1.29, 1.82) is 0 Å². The number of benzene rings is 1. The summed E-state index contributed by atoms with van der Waals surface area (Å²) in [6.45, 7) is 1.06. The quantitative estimate of drug-likeness (QED) is 0.722. The molecule has 1 saturated heterocycles. The van der Waals surface area contributed by atoms with Crippen molar-refractivity contribution in [3.63, 3.8) is 0 Å². The van der Waals surface area contributed by atoms with Gasteiger partial charge in [0.15, 0.2) is 0 Å².